The van der Waals surface area contributed by atoms with Crippen molar-refractivity contribution in [1.82, 2.24) is 5.43 Å². The molecule has 0 aliphatic carbocycles. The van der Waals surface area contributed by atoms with E-state index in [1.165, 1.54) is 11.3 Å². The fourth-order valence-corrected chi connectivity index (χ4v) is 3.61. The van der Waals surface area contributed by atoms with Crippen molar-refractivity contribution >= 4 is 46.5 Å². The van der Waals surface area contributed by atoms with Crippen LogP contribution in [0.2, 0.25) is 0 Å². The first kappa shape index (κ1) is 21.2. The molecule has 1 aliphatic heterocycles. The number of carbonyl (C=O) groups is 4. The van der Waals surface area contributed by atoms with E-state index in [1.807, 2.05) is 30.3 Å². The normalized spacial score (nSPS) is 13.1. The summed E-state index contributed by atoms with van der Waals surface area (Å²) in [5.41, 5.74) is 3.39. The number of ether oxygens (including phenoxy) is 2. The van der Waals surface area contributed by atoms with Gasteiger partial charge in [0.05, 0.1) is 12.3 Å². The maximum absolute atomic E-state index is 12.3. The van der Waals surface area contributed by atoms with Crippen LogP contribution >= 0.6 is 11.3 Å². The summed E-state index contributed by atoms with van der Waals surface area (Å²) in [6.07, 6.45) is 0.268. The highest BCUT2D eigenvalue weighted by Crippen LogP contribution is 2.35. The molecule has 0 unspecified atom stereocenters. The van der Waals surface area contributed by atoms with Gasteiger partial charge in [0, 0.05) is 17.7 Å². The van der Waals surface area contributed by atoms with E-state index >= 15 is 0 Å². The molecule has 0 atom stereocenters. The molecular formula is C20H19N3O6S. The second-order valence-corrected chi connectivity index (χ2v) is 7.21. The monoisotopic (exact) mass is 429 g/mol. The second-order valence-electron chi connectivity index (χ2n) is 6.16. The van der Waals surface area contributed by atoms with Crippen LogP contribution in [0, 0.1) is 0 Å². The zero-order valence-corrected chi connectivity index (χ0v) is 16.9. The highest BCUT2D eigenvalue weighted by atomic mass is 32.1. The van der Waals surface area contributed by atoms with E-state index in [9.17, 15) is 19.2 Å². The zero-order chi connectivity index (χ0) is 21.5. The van der Waals surface area contributed by atoms with Crippen molar-refractivity contribution in [2.75, 3.05) is 18.5 Å². The van der Waals surface area contributed by atoms with Crippen molar-refractivity contribution in [3.8, 4) is 10.4 Å². The number of esters is 2. The summed E-state index contributed by atoms with van der Waals surface area (Å²) in [6, 6.07) is 11.1. The highest BCUT2D eigenvalue weighted by Gasteiger charge is 2.22. The Labute approximate surface area is 176 Å². The Morgan fingerprint density at radius 2 is 1.90 bits per heavy atom. The lowest BCUT2D eigenvalue weighted by Crippen LogP contribution is -2.32. The molecule has 0 spiro atoms. The van der Waals surface area contributed by atoms with Crippen LogP contribution < -0.4 is 10.7 Å². The fraction of sp³-hybridized carbons (Fsp3) is 0.250. The molecule has 9 nitrogen and oxygen atoms in total. The van der Waals surface area contributed by atoms with Gasteiger partial charge in [0.1, 0.15) is 10.6 Å². The smallest absolute Gasteiger partial charge is 0.355 e. The maximum atomic E-state index is 12.3. The maximum Gasteiger partial charge on any atom is 0.355 e. The third-order valence-corrected chi connectivity index (χ3v) is 5.16. The molecule has 0 fully saturated rings. The summed E-state index contributed by atoms with van der Waals surface area (Å²) in [5, 5.41) is 6.21. The summed E-state index contributed by atoms with van der Waals surface area (Å²) < 4.78 is 10.0. The Hall–Kier alpha value is -3.53. The minimum Gasteiger partial charge on any atom is -0.462 e. The van der Waals surface area contributed by atoms with Crippen LogP contribution in [0.15, 0.2) is 41.5 Å². The van der Waals surface area contributed by atoms with E-state index in [-0.39, 0.29) is 41.6 Å². The molecule has 3 rings (SSSR count). The number of anilines is 1. The van der Waals surface area contributed by atoms with Gasteiger partial charge >= 0.3 is 11.9 Å². The van der Waals surface area contributed by atoms with Crippen LogP contribution in [0.3, 0.4) is 0 Å². The lowest BCUT2D eigenvalue weighted by molar-refractivity contribution is -0.140. The Kier molecular flexibility index (Phi) is 6.91. The molecule has 1 aliphatic rings. The van der Waals surface area contributed by atoms with Crippen LogP contribution in [0.1, 0.15) is 29.4 Å². The first-order valence-electron chi connectivity index (χ1n) is 9.16. The number of rotatable bonds is 7. The van der Waals surface area contributed by atoms with E-state index in [2.05, 4.69) is 15.8 Å². The molecule has 2 heterocycles. The van der Waals surface area contributed by atoms with Crippen LogP contribution in [-0.4, -0.2) is 42.7 Å². The average Bonchev–Trinajstić information content (AvgIpc) is 3.17. The standard InChI is InChI=1S/C20H19N3O6S/c1-2-28-20(27)18-14(10-15(30-18)12-6-4-3-5-7-12)21-17(25)11-29-19(26)13-8-9-16(24)23-22-13/h3-7,10H,2,8-9,11H2,1H3,(H,21,25)(H,23,24). The third kappa shape index (κ3) is 5.29. The molecule has 0 saturated heterocycles. The molecule has 1 aromatic heterocycles. The number of nitrogens with zero attached hydrogens (tertiary/aromatic N) is 1. The van der Waals surface area contributed by atoms with Gasteiger partial charge in [0.25, 0.3) is 5.91 Å². The number of hydrazone groups is 1. The van der Waals surface area contributed by atoms with Gasteiger partial charge in [-0.25, -0.2) is 15.0 Å². The van der Waals surface area contributed by atoms with Crippen LogP contribution in [0.4, 0.5) is 5.69 Å². The number of thiophene rings is 1. The van der Waals surface area contributed by atoms with Gasteiger partial charge in [0.15, 0.2) is 6.61 Å². The van der Waals surface area contributed by atoms with Gasteiger partial charge in [-0.3, -0.25) is 9.59 Å². The van der Waals surface area contributed by atoms with Crippen molar-refractivity contribution in [2.24, 2.45) is 5.10 Å². The van der Waals surface area contributed by atoms with Crippen LogP contribution in [-0.2, 0) is 23.9 Å². The van der Waals surface area contributed by atoms with E-state index in [1.54, 1.807) is 13.0 Å². The largest absolute Gasteiger partial charge is 0.462 e. The second kappa shape index (κ2) is 9.79. The average molecular weight is 429 g/mol. The molecule has 30 heavy (non-hydrogen) atoms. The van der Waals surface area contributed by atoms with Gasteiger partial charge in [-0.15, -0.1) is 11.3 Å². The molecule has 2 amide bonds. The summed E-state index contributed by atoms with van der Waals surface area (Å²) in [7, 11) is 0. The molecule has 10 heteroatoms. The number of amides is 2. The quantitative estimate of drug-likeness (QED) is 0.651. The summed E-state index contributed by atoms with van der Waals surface area (Å²) >= 11 is 1.19. The highest BCUT2D eigenvalue weighted by molar-refractivity contribution is 7.18. The summed E-state index contributed by atoms with van der Waals surface area (Å²) in [6.45, 7) is 1.32. The van der Waals surface area contributed by atoms with Crippen molar-refractivity contribution in [2.45, 2.75) is 19.8 Å². The first-order chi connectivity index (χ1) is 14.5. The van der Waals surface area contributed by atoms with E-state index in [0.29, 0.717) is 0 Å². The van der Waals surface area contributed by atoms with Crippen molar-refractivity contribution in [1.29, 1.82) is 0 Å². The van der Waals surface area contributed by atoms with Crippen LogP contribution in [0.25, 0.3) is 10.4 Å². The Bertz CT molecular complexity index is 999. The van der Waals surface area contributed by atoms with Gasteiger partial charge in [-0.05, 0) is 18.6 Å². The predicted octanol–water partition coefficient (Wildman–Crippen LogP) is 2.34. The molecule has 2 N–H and O–H groups in total. The molecule has 156 valence electrons. The molecular weight excluding hydrogens is 410 g/mol. The lowest BCUT2D eigenvalue weighted by atomic mass is 10.2. The predicted molar refractivity (Wildman–Crippen MR) is 110 cm³/mol. The zero-order valence-electron chi connectivity index (χ0n) is 16.1. The van der Waals surface area contributed by atoms with Crippen LogP contribution in [0.5, 0.6) is 0 Å². The van der Waals surface area contributed by atoms with E-state index in [4.69, 9.17) is 9.47 Å². The number of nitrogens with one attached hydrogen (secondary N) is 2. The van der Waals surface area contributed by atoms with Crippen molar-refractivity contribution in [3.05, 3.63) is 41.3 Å². The van der Waals surface area contributed by atoms with E-state index < -0.39 is 24.5 Å². The van der Waals surface area contributed by atoms with Crippen molar-refractivity contribution in [3.63, 3.8) is 0 Å². The van der Waals surface area contributed by atoms with Gasteiger partial charge in [-0.1, -0.05) is 30.3 Å². The van der Waals surface area contributed by atoms with Gasteiger partial charge in [-0.2, -0.15) is 5.10 Å². The Morgan fingerprint density at radius 1 is 1.13 bits per heavy atom. The minimum absolute atomic E-state index is 0.0384. The lowest BCUT2D eigenvalue weighted by Gasteiger charge is -2.11. The first-order valence-corrected chi connectivity index (χ1v) is 9.98. The summed E-state index contributed by atoms with van der Waals surface area (Å²) in [4.78, 5) is 48.6. The Morgan fingerprint density at radius 3 is 2.57 bits per heavy atom. The SMILES string of the molecule is CCOC(=O)c1sc(-c2ccccc2)cc1NC(=O)COC(=O)C1=NNC(=O)CC1. The third-order valence-electron chi connectivity index (χ3n) is 4.00. The Balaban J connectivity index is 1.69. The fourth-order valence-electron chi connectivity index (χ4n) is 2.60. The van der Waals surface area contributed by atoms with E-state index in [0.717, 1.165) is 10.4 Å². The molecule has 1 aromatic carbocycles. The van der Waals surface area contributed by atoms with Crippen molar-refractivity contribution < 1.29 is 28.7 Å². The number of hydrogen-bond donors (Lipinski definition) is 2. The minimum atomic E-state index is -0.786. The van der Waals surface area contributed by atoms with Gasteiger partial charge < -0.3 is 14.8 Å². The molecule has 0 saturated carbocycles. The van der Waals surface area contributed by atoms with Gasteiger partial charge in [0.2, 0.25) is 5.91 Å². The molecule has 0 radical (unpaired) electrons. The number of hydrogen-bond acceptors (Lipinski definition) is 8. The molecule has 0 bridgehead atoms. The topological polar surface area (TPSA) is 123 Å². The number of carbonyl (C=O) groups excluding carboxylic acids is 4. The summed E-state index contributed by atoms with van der Waals surface area (Å²) in [5.74, 6) is -2.25. The molecule has 2 aromatic rings. The number of benzene rings is 1.